The number of thiophene rings is 1. The molecule has 1 atom stereocenters. The van der Waals surface area contributed by atoms with Crippen LogP contribution in [-0.2, 0) is 0 Å². The second-order valence-corrected chi connectivity index (χ2v) is 4.54. The minimum atomic E-state index is 0.288. The monoisotopic (exact) mass is 233 g/mol. The third-order valence-electron chi connectivity index (χ3n) is 2.70. The Morgan fingerprint density at radius 2 is 2.25 bits per heavy atom. The summed E-state index contributed by atoms with van der Waals surface area (Å²) in [6.45, 7) is 4.14. The third-order valence-corrected chi connectivity index (χ3v) is 3.38. The molecule has 0 saturated carbocycles. The zero-order valence-corrected chi connectivity index (χ0v) is 10.5. The average molecular weight is 233 g/mol. The van der Waals surface area contributed by atoms with Gasteiger partial charge in [-0.05, 0) is 32.3 Å². The SMILES string of the molecule is CNC(C)c1cnc(-c2ccsc2)nc1C. The summed E-state index contributed by atoms with van der Waals surface area (Å²) in [7, 11) is 1.94. The molecule has 2 aromatic rings. The predicted octanol–water partition coefficient (Wildman–Crippen LogP) is 2.79. The van der Waals surface area contributed by atoms with Gasteiger partial charge in [0.25, 0.3) is 0 Å². The molecule has 3 nitrogen and oxygen atoms in total. The summed E-state index contributed by atoms with van der Waals surface area (Å²) in [5.74, 6) is 0.811. The summed E-state index contributed by atoms with van der Waals surface area (Å²) < 4.78 is 0. The van der Waals surface area contributed by atoms with Gasteiger partial charge < -0.3 is 5.32 Å². The van der Waals surface area contributed by atoms with E-state index in [1.54, 1.807) is 11.3 Å². The van der Waals surface area contributed by atoms with Crippen molar-refractivity contribution < 1.29 is 0 Å². The first-order valence-electron chi connectivity index (χ1n) is 5.25. The van der Waals surface area contributed by atoms with Crippen LogP contribution in [0.5, 0.6) is 0 Å². The van der Waals surface area contributed by atoms with Gasteiger partial charge >= 0.3 is 0 Å². The Bertz CT molecular complexity index is 465. The van der Waals surface area contributed by atoms with Crippen LogP contribution >= 0.6 is 11.3 Å². The highest BCUT2D eigenvalue weighted by Crippen LogP contribution is 2.21. The van der Waals surface area contributed by atoms with Gasteiger partial charge in [0.15, 0.2) is 5.82 Å². The van der Waals surface area contributed by atoms with Gasteiger partial charge in [0.1, 0.15) is 0 Å². The molecule has 0 aliphatic heterocycles. The fourth-order valence-electron chi connectivity index (χ4n) is 1.59. The summed E-state index contributed by atoms with van der Waals surface area (Å²) in [6.07, 6.45) is 1.91. The fraction of sp³-hybridized carbons (Fsp3) is 0.333. The van der Waals surface area contributed by atoms with Crippen LogP contribution < -0.4 is 5.32 Å². The molecule has 84 valence electrons. The number of aromatic nitrogens is 2. The Morgan fingerprint density at radius 3 is 2.81 bits per heavy atom. The van der Waals surface area contributed by atoms with E-state index in [0.717, 1.165) is 22.6 Å². The van der Waals surface area contributed by atoms with Crippen molar-refractivity contribution in [3.05, 3.63) is 34.3 Å². The van der Waals surface area contributed by atoms with E-state index in [-0.39, 0.29) is 6.04 Å². The minimum absolute atomic E-state index is 0.288. The lowest BCUT2D eigenvalue weighted by Gasteiger charge is -2.12. The van der Waals surface area contributed by atoms with Crippen LogP contribution in [0.1, 0.15) is 24.2 Å². The van der Waals surface area contributed by atoms with Crippen molar-refractivity contribution in [3.63, 3.8) is 0 Å². The summed E-state index contributed by atoms with van der Waals surface area (Å²) in [5.41, 5.74) is 3.29. The van der Waals surface area contributed by atoms with Crippen LogP contribution in [0.15, 0.2) is 23.0 Å². The van der Waals surface area contributed by atoms with E-state index in [4.69, 9.17) is 0 Å². The van der Waals surface area contributed by atoms with E-state index in [2.05, 4.69) is 27.6 Å². The molecule has 1 unspecified atom stereocenters. The molecular formula is C12H15N3S. The first-order chi connectivity index (χ1) is 7.72. The lowest BCUT2D eigenvalue weighted by Crippen LogP contribution is -2.14. The maximum Gasteiger partial charge on any atom is 0.160 e. The van der Waals surface area contributed by atoms with Gasteiger partial charge in [-0.15, -0.1) is 0 Å². The average Bonchev–Trinajstić information content (AvgIpc) is 2.81. The maximum atomic E-state index is 4.54. The molecule has 0 aromatic carbocycles. The summed E-state index contributed by atoms with van der Waals surface area (Å²) in [5, 5.41) is 7.30. The number of rotatable bonds is 3. The molecule has 4 heteroatoms. The number of nitrogens with one attached hydrogen (secondary N) is 1. The zero-order chi connectivity index (χ0) is 11.5. The molecule has 2 heterocycles. The quantitative estimate of drug-likeness (QED) is 0.885. The van der Waals surface area contributed by atoms with Gasteiger partial charge in [0.2, 0.25) is 0 Å². The normalized spacial score (nSPS) is 12.7. The van der Waals surface area contributed by atoms with Crippen LogP contribution in [0.4, 0.5) is 0 Å². The number of aryl methyl sites for hydroxylation is 1. The van der Waals surface area contributed by atoms with E-state index in [0.29, 0.717) is 0 Å². The molecule has 0 bridgehead atoms. The molecule has 0 spiro atoms. The second kappa shape index (κ2) is 4.72. The fourth-order valence-corrected chi connectivity index (χ4v) is 2.22. The van der Waals surface area contributed by atoms with Gasteiger partial charge in [-0.1, -0.05) is 0 Å². The molecular weight excluding hydrogens is 218 g/mol. The zero-order valence-electron chi connectivity index (χ0n) is 9.69. The molecule has 0 radical (unpaired) electrons. The second-order valence-electron chi connectivity index (χ2n) is 3.76. The van der Waals surface area contributed by atoms with Gasteiger partial charge in [-0.3, -0.25) is 0 Å². The Kier molecular flexibility index (Phi) is 3.31. The van der Waals surface area contributed by atoms with Crippen molar-refractivity contribution in [2.45, 2.75) is 19.9 Å². The standard InChI is InChI=1S/C12H15N3S/c1-8(13-3)11-6-14-12(15-9(11)2)10-4-5-16-7-10/h4-8,13H,1-3H3. The minimum Gasteiger partial charge on any atom is -0.313 e. The Balaban J connectivity index is 2.37. The van der Waals surface area contributed by atoms with Crippen LogP contribution in [-0.4, -0.2) is 17.0 Å². The van der Waals surface area contributed by atoms with Gasteiger partial charge in [-0.25, -0.2) is 9.97 Å². The summed E-state index contributed by atoms with van der Waals surface area (Å²) in [6, 6.07) is 2.33. The first-order valence-corrected chi connectivity index (χ1v) is 6.20. The summed E-state index contributed by atoms with van der Waals surface area (Å²) >= 11 is 1.66. The van der Waals surface area contributed by atoms with E-state index in [9.17, 15) is 0 Å². The van der Waals surface area contributed by atoms with Crippen molar-refractivity contribution in [3.8, 4) is 11.4 Å². The number of hydrogen-bond donors (Lipinski definition) is 1. The van der Waals surface area contributed by atoms with E-state index < -0.39 is 0 Å². The Hall–Kier alpha value is -1.26. The lowest BCUT2D eigenvalue weighted by atomic mass is 10.1. The smallest absolute Gasteiger partial charge is 0.160 e. The van der Waals surface area contributed by atoms with E-state index >= 15 is 0 Å². The Morgan fingerprint density at radius 1 is 1.44 bits per heavy atom. The highest BCUT2D eigenvalue weighted by Gasteiger charge is 2.10. The molecule has 0 aliphatic rings. The molecule has 0 aliphatic carbocycles. The van der Waals surface area contributed by atoms with Crippen molar-refractivity contribution in [1.29, 1.82) is 0 Å². The molecule has 0 saturated heterocycles. The molecule has 16 heavy (non-hydrogen) atoms. The lowest BCUT2D eigenvalue weighted by molar-refractivity contribution is 0.641. The van der Waals surface area contributed by atoms with Gasteiger partial charge in [0, 0.05) is 34.4 Å². The van der Waals surface area contributed by atoms with Crippen molar-refractivity contribution >= 4 is 11.3 Å². The van der Waals surface area contributed by atoms with Crippen LogP contribution in [0.25, 0.3) is 11.4 Å². The third kappa shape index (κ3) is 2.13. The van der Waals surface area contributed by atoms with E-state index in [1.165, 1.54) is 0 Å². The van der Waals surface area contributed by atoms with Crippen LogP contribution in [0.3, 0.4) is 0 Å². The molecule has 0 amide bonds. The topological polar surface area (TPSA) is 37.8 Å². The van der Waals surface area contributed by atoms with Crippen LogP contribution in [0, 0.1) is 6.92 Å². The van der Waals surface area contributed by atoms with E-state index in [1.807, 2.05) is 31.6 Å². The summed E-state index contributed by atoms with van der Waals surface area (Å²) in [4.78, 5) is 8.95. The molecule has 2 aromatic heterocycles. The first kappa shape index (κ1) is 11.2. The molecule has 0 fully saturated rings. The largest absolute Gasteiger partial charge is 0.313 e. The van der Waals surface area contributed by atoms with Gasteiger partial charge in [0.05, 0.1) is 0 Å². The predicted molar refractivity (Wildman–Crippen MR) is 67.6 cm³/mol. The van der Waals surface area contributed by atoms with Crippen LogP contribution in [0.2, 0.25) is 0 Å². The van der Waals surface area contributed by atoms with Crippen molar-refractivity contribution in [2.24, 2.45) is 0 Å². The molecule has 2 rings (SSSR count). The van der Waals surface area contributed by atoms with Crippen molar-refractivity contribution in [2.75, 3.05) is 7.05 Å². The highest BCUT2D eigenvalue weighted by atomic mass is 32.1. The molecule has 1 N–H and O–H groups in total. The maximum absolute atomic E-state index is 4.54. The number of hydrogen-bond acceptors (Lipinski definition) is 4. The van der Waals surface area contributed by atoms with Crippen molar-refractivity contribution in [1.82, 2.24) is 15.3 Å². The number of nitrogens with zero attached hydrogens (tertiary/aromatic N) is 2. The highest BCUT2D eigenvalue weighted by molar-refractivity contribution is 7.08. The Labute approximate surface area is 99.6 Å². The van der Waals surface area contributed by atoms with Gasteiger partial charge in [-0.2, -0.15) is 11.3 Å².